The van der Waals surface area contributed by atoms with E-state index in [4.69, 9.17) is 5.73 Å². The van der Waals surface area contributed by atoms with Crippen molar-refractivity contribution in [3.63, 3.8) is 0 Å². The second-order valence-electron chi connectivity index (χ2n) is 5.31. The summed E-state index contributed by atoms with van der Waals surface area (Å²) in [6, 6.07) is 3.10. The van der Waals surface area contributed by atoms with Gasteiger partial charge in [0.05, 0.1) is 5.39 Å². The molecule has 3 rings (SSSR count). The normalized spacial score (nSPS) is 25.1. The number of piperazine rings is 1. The molecule has 0 saturated carbocycles. The van der Waals surface area contributed by atoms with Gasteiger partial charge in [-0.25, -0.2) is 4.98 Å². The van der Waals surface area contributed by atoms with Crippen molar-refractivity contribution in [3.8, 4) is 0 Å². The molecule has 0 aliphatic carbocycles. The molecule has 2 unspecified atom stereocenters. The number of aromatic nitrogens is 2. The van der Waals surface area contributed by atoms with Crippen LogP contribution in [0.5, 0.6) is 0 Å². The Labute approximate surface area is 117 Å². The minimum Gasteiger partial charge on any atom is -0.368 e. The Kier molecular flexibility index (Phi) is 3.06. The molecular formula is C13H19N5S. The minimum absolute atomic E-state index is 0.365. The van der Waals surface area contributed by atoms with Gasteiger partial charge in [-0.2, -0.15) is 4.98 Å². The summed E-state index contributed by atoms with van der Waals surface area (Å²) in [6.07, 6.45) is 0. The van der Waals surface area contributed by atoms with Crippen molar-refractivity contribution in [1.29, 1.82) is 0 Å². The van der Waals surface area contributed by atoms with Gasteiger partial charge in [-0.05, 0) is 32.3 Å². The molecule has 0 spiro atoms. The highest BCUT2D eigenvalue weighted by molar-refractivity contribution is 7.16. The first kappa shape index (κ1) is 12.6. The zero-order chi connectivity index (χ0) is 13.6. The summed E-state index contributed by atoms with van der Waals surface area (Å²) in [6.45, 7) is 6.44. The second-order valence-corrected chi connectivity index (χ2v) is 6.21. The van der Waals surface area contributed by atoms with E-state index in [1.165, 1.54) is 0 Å². The third-order valence-electron chi connectivity index (χ3n) is 3.98. The maximum atomic E-state index is 5.83. The molecular weight excluding hydrogens is 258 g/mol. The monoisotopic (exact) mass is 277 g/mol. The van der Waals surface area contributed by atoms with E-state index in [9.17, 15) is 0 Å². The van der Waals surface area contributed by atoms with Gasteiger partial charge in [-0.15, -0.1) is 11.3 Å². The number of nitrogen functional groups attached to an aromatic ring is 1. The Bertz CT molecular complexity index is 584. The lowest BCUT2D eigenvalue weighted by atomic mass is 10.1. The van der Waals surface area contributed by atoms with Gasteiger partial charge in [0.2, 0.25) is 5.95 Å². The third-order valence-corrected chi connectivity index (χ3v) is 4.79. The van der Waals surface area contributed by atoms with Gasteiger partial charge in [0, 0.05) is 25.2 Å². The van der Waals surface area contributed by atoms with Gasteiger partial charge in [-0.1, -0.05) is 0 Å². The second kappa shape index (κ2) is 4.61. The quantitative estimate of drug-likeness (QED) is 0.861. The summed E-state index contributed by atoms with van der Waals surface area (Å²) < 4.78 is 0. The zero-order valence-electron chi connectivity index (χ0n) is 11.5. The zero-order valence-corrected chi connectivity index (χ0v) is 12.3. The highest BCUT2D eigenvalue weighted by Crippen LogP contribution is 2.30. The molecule has 1 aliphatic rings. The van der Waals surface area contributed by atoms with Crippen LogP contribution in [0.3, 0.4) is 0 Å². The molecule has 19 heavy (non-hydrogen) atoms. The Morgan fingerprint density at radius 1 is 1.26 bits per heavy atom. The first-order chi connectivity index (χ1) is 9.06. The van der Waals surface area contributed by atoms with Gasteiger partial charge in [0.15, 0.2) is 0 Å². The Morgan fingerprint density at radius 2 is 1.95 bits per heavy atom. The smallest absolute Gasteiger partial charge is 0.223 e. The summed E-state index contributed by atoms with van der Waals surface area (Å²) >= 11 is 1.61. The van der Waals surface area contributed by atoms with Crippen molar-refractivity contribution >= 4 is 33.3 Å². The van der Waals surface area contributed by atoms with E-state index >= 15 is 0 Å². The number of anilines is 2. The van der Waals surface area contributed by atoms with Gasteiger partial charge < -0.3 is 10.6 Å². The first-order valence-electron chi connectivity index (χ1n) is 6.54. The van der Waals surface area contributed by atoms with Crippen LogP contribution in [0.25, 0.3) is 10.2 Å². The highest BCUT2D eigenvalue weighted by Gasteiger charge is 2.28. The van der Waals surface area contributed by atoms with Crippen LogP contribution >= 0.6 is 11.3 Å². The van der Waals surface area contributed by atoms with Gasteiger partial charge in [0.25, 0.3) is 0 Å². The minimum atomic E-state index is 0.365. The van der Waals surface area contributed by atoms with E-state index in [0.717, 1.165) is 29.1 Å². The fourth-order valence-electron chi connectivity index (χ4n) is 2.67. The predicted molar refractivity (Wildman–Crippen MR) is 80.7 cm³/mol. The molecule has 2 aromatic heterocycles. The largest absolute Gasteiger partial charge is 0.368 e. The highest BCUT2D eigenvalue weighted by atomic mass is 32.1. The van der Waals surface area contributed by atoms with Gasteiger partial charge >= 0.3 is 0 Å². The van der Waals surface area contributed by atoms with Crippen LogP contribution in [0.4, 0.5) is 11.8 Å². The lowest BCUT2D eigenvalue weighted by Crippen LogP contribution is -2.55. The Balaban J connectivity index is 2.02. The standard InChI is InChI=1S/C13H19N5S/c1-8-6-18(7-9(2)17(8)3)11-10-4-5-19-12(10)16-13(14)15-11/h4-5,8-9H,6-7H2,1-3H3,(H2,14,15,16). The van der Waals surface area contributed by atoms with Crippen LogP contribution in [-0.2, 0) is 0 Å². The molecule has 0 radical (unpaired) electrons. The van der Waals surface area contributed by atoms with Gasteiger partial charge in [-0.3, -0.25) is 4.90 Å². The Morgan fingerprint density at radius 3 is 2.63 bits per heavy atom. The fraction of sp³-hybridized carbons (Fsp3) is 0.538. The summed E-state index contributed by atoms with van der Waals surface area (Å²) in [5.74, 6) is 1.35. The molecule has 3 heterocycles. The molecule has 1 aliphatic heterocycles. The number of rotatable bonds is 1. The summed E-state index contributed by atoms with van der Waals surface area (Å²) in [5, 5.41) is 3.16. The van der Waals surface area contributed by atoms with Crippen molar-refractivity contribution in [1.82, 2.24) is 14.9 Å². The average molecular weight is 277 g/mol. The fourth-order valence-corrected chi connectivity index (χ4v) is 3.44. The summed E-state index contributed by atoms with van der Waals surface area (Å²) in [5.41, 5.74) is 5.83. The van der Waals surface area contributed by atoms with Crippen molar-refractivity contribution in [2.24, 2.45) is 0 Å². The molecule has 5 nitrogen and oxygen atoms in total. The first-order valence-corrected chi connectivity index (χ1v) is 7.42. The topological polar surface area (TPSA) is 58.3 Å². The van der Waals surface area contributed by atoms with E-state index in [-0.39, 0.29) is 0 Å². The number of thiophene rings is 1. The third kappa shape index (κ3) is 2.15. The lowest BCUT2D eigenvalue weighted by molar-refractivity contribution is 0.170. The van der Waals surface area contributed by atoms with Crippen LogP contribution in [0.2, 0.25) is 0 Å². The number of nitrogens with two attached hydrogens (primary N) is 1. The molecule has 0 amide bonds. The lowest BCUT2D eigenvalue weighted by Gasteiger charge is -2.43. The van der Waals surface area contributed by atoms with E-state index < -0.39 is 0 Å². The molecule has 0 bridgehead atoms. The number of hydrogen-bond acceptors (Lipinski definition) is 6. The molecule has 102 valence electrons. The number of likely N-dealkylation sites (N-methyl/N-ethyl adjacent to an activating group) is 1. The predicted octanol–water partition coefficient (Wildman–Crippen LogP) is 1.80. The molecule has 2 atom stereocenters. The maximum absolute atomic E-state index is 5.83. The van der Waals surface area contributed by atoms with Crippen molar-refractivity contribution in [3.05, 3.63) is 11.4 Å². The van der Waals surface area contributed by atoms with Crippen molar-refractivity contribution < 1.29 is 0 Å². The van der Waals surface area contributed by atoms with Crippen LogP contribution in [0, 0.1) is 0 Å². The van der Waals surface area contributed by atoms with E-state index in [2.05, 4.69) is 46.7 Å². The number of nitrogens with zero attached hydrogens (tertiary/aromatic N) is 4. The number of hydrogen-bond donors (Lipinski definition) is 1. The molecule has 1 saturated heterocycles. The summed E-state index contributed by atoms with van der Waals surface area (Å²) in [7, 11) is 2.18. The van der Waals surface area contributed by atoms with Crippen molar-refractivity contribution in [2.45, 2.75) is 25.9 Å². The molecule has 2 N–H and O–H groups in total. The van der Waals surface area contributed by atoms with Gasteiger partial charge in [0.1, 0.15) is 10.6 Å². The Hall–Kier alpha value is -1.40. The molecule has 2 aromatic rings. The van der Waals surface area contributed by atoms with Crippen LogP contribution in [0.15, 0.2) is 11.4 Å². The number of fused-ring (bicyclic) bond motifs is 1. The van der Waals surface area contributed by atoms with Crippen molar-refractivity contribution in [2.75, 3.05) is 30.8 Å². The maximum Gasteiger partial charge on any atom is 0.223 e. The SMILES string of the molecule is CC1CN(c2nc(N)nc3sccc23)CC(C)N1C. The van der Waals surface area contributed by atoms with E-state index in [1.807, 2.05) is 5.38 Å². The average Bonchev–Trinajstić information content (AvgIpc) is 2.82. The van der Waals surface area contributed by atoms with E-state index in [0.29, 0.717) is 18.0 Å². The molecule has 1 fully saturated rings. The van der Waals surface area contributed by atoms with Crippen LogP contribution in [-0.4, -0.2) is 47.1 Å². The van der Waals surface area contributed by atoms with Crippen LogP contribution in [0.1, 0.15) is 13.8 Å². The van der Waals surface area contributed by atoms with Crippen LogP contribution < -0.4 is 10.6 Å². The summed E-state index contributed by atoms with van der Waals surface area (Å²) in [4.78, 5) is 14.5. The molecule has 0 aromatic carbocycles. The molecule has 6 heteroatoms. The van der Waals surface area contributed by atoms with E-state index in [1.54, 1.807) is 11.3 Å².